The fourth-order valence-electron chi connectivity index (χ4n) is 2.68. The number of carbonyl (C=O) groups is 1. The standard InChI is InChI=1S/C17H16FNO/c18-15-9-7-14(8-10-15)17(20)12-19-11-3-5-13-4-1-2-6-16(13)19/h1-2,4,6-10H,3,5,11-12H2. The molecule has 1 aliphatic heterocycles. The van der Waals surface area contributed by atoms with Gasteiger partial charge in [0.25, 0.3) is 0 Å². The highest BCUT2D eigenvalue weighted by atomic mass is 19.1. The number of para-hydroxylation sites is 1. The molecule has 20 heavy (non-hydrogen) atoms. The first-order valence-corrected chi connectivity index (χ1v) is 6.85. The highest BCUT2D eigenvalue weighted by Crippen LogP contribution is 2.26. The van der Waals surface area contributed by atoms with Gasteiger partial charge in [-0.1, -0.05) is 18.2 Å². The summed E-state index contributed by atoms with van der Waals surface area (Å²) in [7, 11) is 0. The lowest BCUT2D eigenvalue weighted by Crippen LogP contribution is -2.34. The molecule has 0 unspecified atom stereocenters. The van der Waals surface area contributed by atoms with Crippen molar-refractivity contribution in [2.75, 3.05) is 18.0 Å². The molecule has 0 spiro atoms. The molecule has 0 bridgehead atoms. The fraction of sp³-hybridized carbons (Fsp3) is 0.235. The van der Waals surface area contributed by atoms with Crippen LogP contribution >= 0.6 is 0 Å². The van der Waals surface area contributed by atoms with Crippen LogP contribution in [0, 0.1) is 5.82 Å². The number of Topliss-reactive ketones (excluding diaryl/α,β-unsaturated/α-hetero) is 1. The molecular formula is C17H16FNO. The van der Waals surface area contributed by atoms with Crippen LogP contribution in [0.2, 0.25) is 0 Å². The number of rotatable bonds is 3. The summed E-state index contributed by atoms with van der Waals surface area (Å²) in [6.45, 7) is 1.24. The van der Waals surface area contributed by atoms with Gasteiger partial charge in [0.2, 0.25) is 0 Å². The van der Waals surface area contributed by atoms with E-state index in [0.29, 0.717) is 12.1 Å². The molecule has 0 saturated heterocycles. The van der Waals surface area contributed by atoms with E-state index in [4.69, 9.17) is 0 Å². The lowest BCUT2D eigenvalue weighted by atomic mass is 10.0. The SMILES string of the molecule is O=C(CN1CCCc2ccccc21)c1ccc(F)cc1. The zero-order chi connectivity index (χ0) is 13.9. The van der Waals surface area contributed by atoms with Crippen molar-refractivity contribution in [1.29, 1.82) is 0 Å². The first kappa shape index (κ1) is 12.9. The van der Waals surface area contributed by atoms with Crippen LogP contribution in [0.1, 0.15) is 22.3 Å². The summed E-state index contributed by atoms with van der Waals surface area (Å²) in [6.07, 6.45) is 2.13. The number of benzene rings is 2. The van der Waals surface area contributed by atoms with Crippen molar-refractivity contribution in [2.45, 2.75) is 12.8 Å². The molecule has 0 amide bonds. The second kappa shape index (κ2) is 5.45. The minimum absolute atomic E-state index is 0.0294. The minimum Gasteiger partial charge on any atom is -0.364 e. The van der Waals surface area contributed by atoms with E-state index in [1.807, 2.05) is 12.1 Å². The first-order chi connectivity index (χ1) is 9.74. The van der Waals surface area contributed by atoms with Crippen LogP contribution in [-0.2, 0) is 6.42 Å². The van der Waals surface area contributed by atoms with Crippen LogP contribution in [0.5, 0.6) is 0 Å². The Bertz CT molecular complexity index is 621. The van der Waals surface area contributed by atoms with Crippen molar-refractivity contribution in [2.24, 2.45) is 0 Å². The monoisotopic (exact) mass is 269 g/mol. The summed E-state index contributed by atoms with van der Waals surface area (Å²) in [5.74, 6) is -0.286. The maximum Gasteiger partial charge on any atom is 0.182 e. The van der Waals surface area contributed by atoms with Crippen LogP contribution in [0.15, 0.2) is 48.5 Å². The molecule has 3 rings (SSSR count). The maximum absolute atomic E-state index is 12.9. The summed E-state index contributed by atoms with van der Waals surface area (Å²) >= 11 is 0. The topological polar surface area (TPSA) is 20.3 Å². The van der Waals surface area contributed by atoms with Crippen LogP contribution in [0.25, 0.3) is 0 Å². The highest BCUT2D eigenvalue weighted by Gasteiger charge is 2.19. The average molecular weight is 269 g/mol. The third-order valence-electron chi connectivity index (χ3n) is 3.71. The highest BCUT2D eigenvalue weighted by molar-refractivity contribution is 5.99. The lowest BCUT2D eigenvalue weighted by Gasteiger charge is -2.30. The van der Waals surface area contributed by atoms with Gasteiger partial charge in [-0.15, -0.1) is 0 Å². The summed E-state index contributed by atoms with van der Waals surface area (Å²) < 4.78 is 12.9. The Balaban J connectivity index is 1.79. The minimum atomic E-state index is -0.315. The number of ketones is 1. The van der Waals surface area contributed by atoms with Crippen molar-refractivity contribution in [3.63, 3.8) is 0 Å². The molecule has 0 atom stereocenters. The number of halogens is 1. The van der Waals surface area contributed by atoms with Crippen molar-refractivity contribution in [3.8, 4) is 0 Å². The van der Waals surface area contributed by atoms with E-state index in [1.165, 1.54) is 17.7 Å². The summed E-state index contributed by atoms with van der Waals surface area (Å²) in [6, 6.07) is 14.0. The van der Waals surface area contributed by atoms with Gasteiger partial charge in [-0.25, -0.2) is 4.39 Å². The van der Waals surface area contributed by atoms with E-state index < -0.39 is 0 Å². The molecule has 102 valence electrons. The van der Waals surface area contributed by atoms with Gasteiger partial charge in [-0.3, -0.25) is 4.79 Å². The molecule has 3 heteroatoms. The number of aryl methyl sites for hydroxylation is 1. The van der Waals surface area contributed by atoms with Gasteiger partial charge in [0, 0.05) is 17.8 Å². The van der Waals surface area contributed by atoms with E-state index in [9.17, 15) is 9.18 Å². The Morgan fingerprint density at radius 2 is 1.85 bits per heavy atom. The van der Waals surface area contributed by atoms with Gasteiger partial charge >= 0.3 is 0 Å². The van der Waals surface area contributed by atoms with Gasteiger partial charge in [-0.05, 0) is 48.7 Å². The zero-order valence-electron chi connectivity index (χ0n) is 11.2. The van der Waals surface area contributed by atoms with Gasteiger partial charge in [0.1, 0.15) is 5.82 Å². The second-order valence-corrected chi connectivity index (χ2v) is 5.08. The molecule has 1 aliphatic rings. The van der Waals surface area contributed by atoms with Gasteiger partial charge in [0.15, 0.2) is 5.78 Å². The Labute approximate surface area is 117 Å². The third kappa shape index (κ3) is 2.57. The third-order valence-corrected chi connectivity index (χ3v) is 3.71. The number of nitrogens with zero attached hydrogens (tertiary/aromatic N) is 1. The Morgan fingerprint density at radius 1 is 1.10 bits per heavy atom. The zero-order valence-corrected chi connectivity index (χ0v) is 11.2. The predicted molar refractivity (Wildman–Crippen MR) is 77.7 cm³/mol. The van der Waals surface area contributed by atoms with Crippen molar-refractivity contribution < 1.29 is 9.18 Å². The Kier molecular flexibility index (Phi) is 3.50. The van der Waals surface area contributed by atoms with Crippen LogP contribution in [0.3, 0.4) is 0 Å². The molecule has 0 aromatic heterocycles. The van der Waals surface area contributed by atoms with E-state index in [-0.39, 0.29) is 11.6 Å². The van der Waals surface area contributed by atoms with Crippen molar-refractivity contribution >= 4 is 11.5 Å². The van der Waals surface area contributed by atoms with E-state index in [1.54, 1.807) is 12.1 Å². The van der Waals surface area contributed by atoms with Gasteiger partial charge in [0.05, 0.1) is 6.54 Å². The van der Waals surface area contributed by atoms with Gasteiger partial charge < -0.3 is 4.90 Å². The van der Waals surface area contributed by atoms with Crippen LogP contribution < -0.4 is 4.90 Å². The van der Waals surface area contributed by atoms with E-state index in [0.717, 1.165) is 25.1 Å². The van der Waals surface area contributed by atoms with Crippen LogP contribution in [-0.4, -0.2) is 18.9 Å². The predicted octanol–water partition coefficient (Wildman–Crippen LogP) is 3.46. The van der Waals surface area contributed by atoms with Gasteiger partial charge in [-0.2, -0.15) is 0 Å². The number of fused-ring (bicyclic) bond motifs is 1. The van der Waals surface area contributed by atoms with Crippen molar-refractivity contribution in [1.82, 2.24) is 0 Å². The number of anilines is 1. The Morgan fingerprint density at radius 3 is 2.65 bits per heavy atom. The molecule has 0 fully saturated rings. The second-order valence-electron chi connectivity index (χ2n) is 5.08. The molecule has 0 saturated carbocycles. The fourth-order valence-corrected chi connectivity index (χ4v) is 2.68. The molecule has 2 aromatic rings. The molecule has 1 heterocycles. The quantitative estimate of drug-likeness (QED) is 0.795. The average Bonchev–Trinajstić information content (AvgIpc) is 2.48. The molecule has 2 nitrogen and oxygen atoms in total. The summed E-state index contributed by atoms with van der Waals surface area (Å²) in [5.41, 5.74) is 3.01. The number of hydrogen-bond donors (Lipinski definition) is 0. The largest absolute Gasteiger partial charge is 0.364 e. The van der Waals surface area contributed by atoms with E-state index in [2.05, 4.69) is 17.0 Å². The summed E-state index contributed by atoms with van der Waals surface area (Å²) in [4.78, 5) is 14.4. The van der Waals surface area contributed by atoms with Crippen LogP contribution in [0.4, 0.5) is 10.1 Å². The normalized spacial score (nSPS) is 13.9. The molecule has 2 aromatic carbocycles. The van der Waals surface area contributed by atoms with Crippen molar-refractivity contribution in [3.05, 3.63) is 65.5 Å². The van der Waals surface area contributed by atoms with E-state index >= 15 is 0 Å². The lowest BCUT2D eigenvalue weighted by molar-refractivity contribution is 0.0998. The Hall–Kier alpha value is -2.16. The smallest absolute Gasteiger partial charge is 0.182 e. The molecule has 0 aliphatic carbocycles. The molecular weight excluding hydrogens is 253 g/mol. The summed E-state index contributed by atoms with van der Waals surface area (Å²) in [5, 5.41) is 0. The molecule has 0 radical (unpaired) electrons. The number of hydrogen-bond acceptors (Lipinski definition) is 2. The molecule has 0 N–H and O–H groups in total. The first-order valence-electron chi connectivity index (χ1n) is 6.85. The maximum atomic E-state index is 12.9. The number of carbonyl (C=O) groups excluding carboxylic acids is 1.